The Hall–Kier alpha value is -3.03. The van der Waals surface area contributed by atoms with Gasteiger partial charge in [-0.2, -0.15) is 5.10 Å². The minimum atomic E-state index is -1.20. The summed E-state index contributed by atoms with van der Waals surface area (Å²) in [5.41, 5.74) is 3.44. The number of hydrogen-bond acceptors (Lipinski definition) is 5. The molecule has 3 heterocycles. The molecule has 1 atom stereocenters. The van der Waals surface area contributed by atoms with E-state index in [9.17, 15) is 9.90 Å². The number of nitrogens with zero attached hydrogens (tertiary/aromatic N) is 3. The molecular weight excluding hydrogens is 462 g/mol. The maximum absolute atomic E-state index is 12.5. The molecule has 3 aromatic rings. The molecule has 1 aliphatic rings. The molecule has 4 rings (SSSR count). The van der Waals surface area contributed by atoms with Crippen LogP contribution in [0.25, 0.3) is 11.3 Å². The second-order valence-corrected chi connectivity index (χ2v) is 11.9. The van der Waals surface area contributed by atoms with Gasteiger partial charge in [-0.25, -0.2) is 0 Å². The molecule has 198 valence electrons. The standard InChI is InChI=1S/C30H41N5O2/c1-8-27(36)32-28(4,5)15-25-14-26(34-33-25)22-13-24(17-31-16-22)30(37,29(6)18-35(7)19-29)23-11-9-21(10-12-23)20(2)3/h9-14,16-17,20,37H,8,15,18-19H2,1-7H3,(H,32,36)(H,33,34)/t30-/m0/s1. The molecule has 0 aliphatic carbocycles. The highest BCUT2D eigenvalue weighted by molar-refractivity contribution is 5.76. The first-order chi connectivity index (χ1) is 17.4. The number of rotatable bonds is 9. The first kappa shape index (κ1) is 27.0. The molecule has 0 spiro atoms. The average molecular weight is 504 g/mol. The van der Waals surface area contributed by atoms with Crippen molar-refractivity contribution in [3.05, 3.63) is 71.2 Å². The summed E-state index contributed by atoms with van der Waals surface area (Å²) >= 11 is 0. The molecule has 1 aliphatic heterocycles. The fourth-order valence-corrected chi connectivity index (χ4v) is 5.71. The van der Waals surface area contributed by atoms with Crippen molar-refractivity contribution in [2.24, 2.45) is 5.41 Å². The first-order valence-corrected chi connectivity index (χ1v) is 13.2. The van der Waals surface area contributed by atoms with Crippen molar-refractivity contribution in [3.63, 3.8) is 0 Å². The highest BCUT2D eigenvalue weighted by atomic mass is 16.3. The third kappa shape index (κ3) is 5.34. The number of carbonyl (C=O) groups excluding carboxylic acids is 1. The molecule has 2 aromatic heterocycles. The van der Waals surface area contributed by atoms with E-state index < -0.39 is 11.1 Å². The van der Waals surface area contributed by atoms with Crippen LogP contribution in [0.15, 0.2) is 48.8 Å². The van der Waals surface area contributed by atoms with E-state index >= 15 is 0 Å². The predicted octanol–water partition coefficient (Wildman–Crippen LogP) is 4.63. The van der Waals surface area contributed by atoms with Gasteiger partial charge in [0.25, 0.3) is 0 Å². The van der Waals surface area contributed by atoms with Crippen LogP contribution in [0.1, 0.15) is 76.3 Å². The summed E-state index contributed by atoms with van der Waals surface area (Å²) < 4.78 is 0. The van der Waals surface area contributed by atoms with Crippen molar-refractivity contribution in [2.75, 3.05) is 20.1 Å². The molecule has 0 radical (unpaired) electrons. The fraction of sp³-hybridized carbons (Fsp3) is 0.500. The number of amides is 1. The van der Waals surface area contributed by atoms with Crippen LogP contribution in [-0.2, 0) is 16.8 Å². The zero-order valence-corrected chi connectivity index (χ0v) is 23.2. The largest absolute Gasteiger partial charge is 0.380 e. The molecule has 37 heavy (non-hydrogen) atoms. The summed E-state index contributed by atoms with van der Waals surface area (Å²) in [7, 11) is 2.08. The molecule has 1 amide bonds. The molecule has 0 bridgehead atoms. The second-order valence-electron chi connectivity index (χ2n) is 11.9. The number of pyridine rings is 1. The van der Waals surface area contributed by atoms with Gasteiger partial charge in [-0.3, -0.25) is 14.9 Å². The highest BCUT2D eigenvalue weighted by Crippen LogP contribution is 2.50. The van der Waals surface area contributed by atoms with Crippen LogP contribution >= 0.6 is 0 Å². The van der Waals surface area contributed by atoms with Crippen LogP contribution in [0.5, 0.6) is 0 Å². The van der Waals surface area contributed by atoms with Gasteiger partial charge in [0.15, 0.2) is 0 Å². The summed E-state index contributed by atoms with van der Waals surface area (Å²) in [5, 5.41) is 23.2. The van der Waals surface area contributed by atoms with Crippen LogP contribution in [0.3, 0.4) is 0 Å². The Bertz CT molecular complexity index is 1240. The number of carbonyl (C=O) groups is 1. The monoisotopic (exact) mass is 503 g/mol. The number of nitrogens with one attached hydrogen (secondary N) is 2. The van der Waals surface area contributed by atoms with Crippen molar-refractivity contribution < 1.29 is 9.90 Å². The smallest absolute Gasteiger partial charge is 0.220 e. The van der Waals surface area contributed by atoms with Crippen LogP contribution in [0.4, 0.5) is 0 Å². The second kappa shape index (κ2) is 10.0. The fourth-order valence-electron chi connectivity index (χ4n) is 5.71. The minimum absolute atomic E-state index is 0.0255. The van der Waals surface area contributed by atoms with E-state index in [-0.39, 0.29) is 11.3 Å². The number of benzene rings is 1. The Morgan fingerprint density at radius 1 is 1.16 bits per heavy atom. The van der Waals surface area contributed by atoms with E-state index in [0.717, 1.165) is 41.2 Å². The normalized spacial score (nSPS) is 17.3. The first-order valence-electron chi connectivity index (χ1n) is 13.2. The van der Waals surface area contributed by atoms with Gasteiger partial charge >= 0.3 is 0 Å². The number of aromatic nitrogens is 3. The Kier molecular flexibility index (Phi) is 7.32. The summed E-state index contributed by atoms with van der Waals surface area (Å²) in [4.78, 5) is 18.7. The van der Waals surface area contributed by atoms with E-state index in [2.05, 4.69) is 77.5 Å². The van der Waals surface area contributed by atoms with E-state index in [1.807, 2.05) is 32.9 Å². The van der Waals surface area contributed by atoms with Crippen LogP contribution in [-0.4, -0.2) is 56.8 Å². The van der Waals surface area contributed by atoms with E-state index in [1.165, 1.54) is 5.56 Å². The summed E-state index contributed by atoms with van der Waals surface area (Å²) in [6.07, 6.45) is 4.63. The van der Waals surface area contributed by atoms with Crippen molar-refractivity contribution in [1.82, 2.24) is 25.4 Å². The molecule has 1 fully saturated rings. The molecular formula is C30H41N5O2. The summed E-state index contributed by atoms with van der Waals surface area (Å²) in [6.45, 7) is 13.9. The molecule has 1 saturated heterocycles. The topological polar surface area (TPSA) is 94.1 Å². The van der Waals surface area contributed by atoms with Gasteiger partial charge in [0.05, 0.1) is 5.69 Å². The van der Waals surface area contributed by atoms with Crippen LogP contribution in [0, 0.1) is 5.41 Å². The Morgan fingerprint density at radius 3 is 2.43 bits per heavy atom. The van der Waals surface area contributed by atoms with Gasteiger partial charge in [0.1, 0.15) is 5.60 Å². The predicted molar refractivity (Wildman–Crippen MR) is 147 cm³/mol. The molecule has 0 saturated carbocycles. The lowest BCUT2D eigenvalue weighted by Gasteiger charge is -2.55. The van der Waals surface area contributed by atoms with Gasteiger partial charge in [-0.1, -0.05) is 52.0 Å². The van der Waals surface area contributed by atoms with Crippen molar-refractivity contribution in [2.45, 2.75) is 71.4 Å². The molecule has 1 aromatic carbocycles. The maximum Gasteiger partial charge on any atom is 0.220 e. The number of H-pyrrole nitrogens is 1. The number of hydrogen-bond donors (Lipinski definition) is 3. The quantitative estimate of drug-likeness (QED) is 0.396. The zero-order chi connectivity index (χ0) is 27.0. The lowest BCUT2D eigenvalue weighted by molar-refractivity contribution is -0.127. The van der Waals surface area contributed by atoms with Gasteiger partial charge in [0, 0.05) is 66.1 Å². The number of likely N-dealkylation sites (tertiary alicyclic amines) is 1. The third-order valence-electron chi connectivity index (χ3n) is 7.62. The van der Waals surface area contributed by atoms with Gasteiger partial charge in [-0.15, -0.1) is 0 Å². The number of aromatic amines is 1. The SMILES string of the molecule is CCC(=O)NC(C)(C)Cc1cc(-c2cncc([C@@](O)(c3ccc(C(C)C)cc3)C3(C)CN(C)C3)c2)n[nH]1. The summed E-state index contributed by atoms with van der Waals surface area (Å²) in [5.74, 6) is 0.448. The Morgan fingerprint density at radius 2 is 1.84 bits per heavy atom. The molecule has 0 unspecified atom stereocenters. The average Bonchev–Trinajstić information content (AvgIpc) is 3.30. The Balaban J connectivity index is 1.68. The van der Waals surface area contributed by atoms with Gasteiger partial charge < -0.3 is 15.3 Å². The molecule has 3 N–H and O–H groups in total. The Labute approximate surface area is 220 Å². The lowest BCUT2D eigenvalue weighted by atomic mass is 9.62. The van der Waals surface area contributed by atoms with Crippen molar-refractivity contribution in [1.29, 1.82) is 0 Å². The number of aliphatic hydroxyl groups is 1. The zero-order valence-electron chi connectivity index (χ0n) is 23.2. The third-order valence-corrected chi connectivity index (χ3v) is 7.62. The van der Waals surface area contributed by atoms with E-state index in [0.29, 0.717) is 18.8 Å². The highest BCUT2D eigenvalue weighted by Gasteiger charge is 2.55. The lowest BCUT2D eigenvalue weighted by Crippen LogP contribution is -2.63. The molecule has 7 heteroatoms. The van der Waals surface area contributed by atoms with Crippen LogP contribution in [0.2, 0.25) is 0 Å². The minimum Gasteiger partial charge on any atom is -0.380 e. The van der Waals surface area contributed by atoms with Gasteiger partial charge in [0.2, 0.25) is 5.91 Å². The van der Waals surface area contributed by atoms with Crippen molar-refractivity contribution in [3.8, 4) is 11.3 Å². The van der Waals surface area contributed by atoms with Gasteiger partial charge in [-0.05, 0) is 50.1 Å². The molecule has 7 nitrogen and oxygen atoms in total. The maximum atomic E-state index is 12.5. The van der Waals surface area contributed by atoms with Crippen LogP contribution < -0.4 is 5.32 Å². The van der Waals surface area contributed by atoms with Crippen molar-refractivity contribution >= 4 is 5.91 Å². The summed E-state index contributed by atoms with van der Waals surface area (Å²) in [6, 6.07) is 12.4. The van der Waals surface area contributed by atoms with E-state index in [4.69, 9.17) is 0 Å². The van der Waals surface area contributed by atoms with E-state index in [1.54, 1.807) is 12.4 Å².